The van der Waals surface area contributed by atoms with Gasteiger partial charge in [-0.05, 0) is 54.6 Å². The summed E-state index contributed by atoms with van der Waals surface area (Å²) in [5.41, 5.74) is 2.02. The second-order valence-corrected chi connectivity index (χ2v) is 7.15. The van der Waals surface area contributed by atoms with E-state index in [0.717, 1.165) is 5.56 Å². The summed E-state index contributed by atoms with van der Waals surface area (Å²) in [6, 6.07) is 7.58. The summed E-state index contributed by atoms with van der Waals surface area (Å²) in [4.78, 5) is 26.1. The van der Waals surface area contributed by atoms with E-state index in [9.17, 15) is 9.59 Å². The van der Waals surface area contributed by atoms with Crippen LogP contribution in [0, 0.1) is 36.0 Å². The van der Waals surface area contributed by atoms with Gasteiger partial charge in [0.25, 0.3) is 0 Å². The van der Waals surface area contributed by atoms with Gasteiger partial charge in [0.05, 0.1) is 5.69 Å². The summed E-state index contributed by atoms with van der Waals surface area (Å²) >= 11 is 0. The van der Waals surface area contributed by atoms with E-state index in [1.165, 1.54) is 17.7 Å². The lowest BCUT2D eigenvalue weighted by molar-refractivity contribution is -0.126. The molecule has 4 atom stereocenters. The number of benzene rings is 1. The van der Waals surface area contributed by atoms with E-state index in [4.69, 9.17) is 0 Å². The molecule has 0 aromatic heterocycles. The number of nitrogens with zero attached hydrogens (tertiary/aromatic N) is 1. The van der Waals surface area contributed by atoms with Gasteiger partial charge in [-0.2, -0.15) is 0 Å². The number of aryl methyl sites for hydroxylation is 1. The molecule has 1 aromatic rings. The number of rotatable bonds is 3. The highest BCUT2D eigenvalue weighted by atomic mass is 16.2. The Balaban J connectivity index is 1.68. The maximum Gasteiger partial charge on any atom is 0.237 e. The van der Waals surface area contributed by atoms with Gasteiger partial charge in [-0.15, -0.1) is 0 Å². The van der Waals surface area contributed by atoms with E-state index >= 15 is 0 Å². The largest absolute Gasteiger partial charge is 0.278 e. The van der Waals surface area contributed by atoms with Crippen LogP contribution in [0.15, 0.2) is 36.4 Å². The van der Waals surface area contributed by atoms with Crippen molar-refractivity contribution in [3.63, 3.8) is 0 Å². The van der Waals surface area contributed by atoms with E-state index in [2.05, 4.69) is 19.1 Å². The van der Waals surface area contributed by atoms with E-state index in [1.54, 1.807) is 0 Å². The fraction of sp³-hybridized carbons (Fsp3) is 0.474. The fourth-order valence-corrected chi connectivity index (χ4v) is 4.98. The zero-order valence-electron chi connectivity index (χ0n) is 13.0. The number of hydrogen-bond acceptors (Lipinski definition) is 2. The highest BCUT2D eigenvalue weighted by molar-refractivity contribution is 6.09. The van der Waals surface area contributed by atoms with Crippen LogP contribution < -0.4 is 4.90 Å². The number of amides is 2. The SMILES string of the molecule is Cc1ccccc1N(C=O)C(=O)[C@H]1[C@@H](C)[C@H]2C=C[C@H]1C21CC1. The van der Waals surface area contributed by atoms with Crippen LogP contribution in [-0.4, -0.2) is 12.3 Å². The lowest BCUT2D eigenvalue weighted by Crippen LogP contribution is -2.40. The molecule has 0 radical (unpaired) electrons. The maximum absolute atomic E-state index is 13.1. The Hall–Kier alpha value is -1.90. The number of para-hydroxylation sites is 1. The van der Waals surface area contributed by atoms with Crippen molar-refractivity contribution in [2.45, 2.75) is 26.7 Å². The van der Waals surface area contributed by atoms with Crippen molar-refractivity contribution < 1.29 is 9.59 Å². The molecule has 3 heteroatoms. The summed E-state index contributed by atoms with van der Waals surface area (Å²) in [6.45, 7) is 4.11. The van der Waals surface area contributed by atoms with Gasteiger partial charge in [-0.1, -0.05) is 37.3 Å². The molecule has 114 valence electrons. The quantitative estimate of drug-likeness (QED) is 0.633. The van der Waals surface area contributed by atoms with Crippen LogP contribution in [0.1, 0.15) is 25.3 Å². The van der Waals surface area contributed by atoms with Crippen molar-refractivity contribution in [3.8, 4) is 0 Å². The minimum atomic E-state index is -0.0534. The summed E-state index contributed by atoms with van der Waals surface area (Å²) in [6.07, 6.45) is 7.70. The Morgan fingerprint density at radius 3 is 2.50 bits per heavy atom. The van der Waals surface area contributed by atoms with Gasteiger partial charge in [-0.3, -0.25) is 14.5 Å². The molecule has 3 aliphatic carbocycles. The number of carbonyl (C=O) groups excluding carboxylic acids is 2. The first kappa shape index (κ1) is 13.7. The Labute approximate surface area is 131 Å². The third kappa shape index (κ3) is 1.62. The second kappa shape index (κ2) is 4.55. The molecule has 0 aliphatic heterocycles. The molecule has 22 heavy (non-hydrogen) atoms. The number of imide groups is 1. The van der Waals surface area contributed by atoms with E-state index in [0.29, 0.717) is 35.3 Å². The van der Waals surface area contributed by atoms with Crippen LogP contribution in [-0.2, 0) is 9.59 Å². The first-order chi connectivity index (χ1) is 10.6. The molecule has 2 bridgehead atoms. The van der Waals surface area contributed by atoms with Gasteiger partial charge in [0.15, 0.2) is 0 Å². The molecule has 3 nitrogen and oxygen atoms in total. The highest BCUT2D eigenvalue weighted by Gasteiger charge is 2.67. The third-order valence-electron chi connectivity index (χ3n) is 6.20. The Morgan fingerprint density at radius 1 is 1.23 bits per heavy atom. The van der Waals surface area contributed by atoms with E-state index in [1.807, 2.05) is 31.2 Å². The molecule has 2 amide bonds. The van der Waals surface area contributed by atoms with Crippen molar-refractivity contribution in [1.29, 1.82) is 0 Å². The number of carbonyl (C=O) groups is 2. The summed E-state index contributed by atoms with van der Waals surface area (Å²) < 4.78 is 0. The first-order valence-electron chi connectivity index (χ1n) is 8.12. The van der Waals surface area contributed by atoms with Gasteiger partial charge in [-0.25, -0.2) is 0 Å². The molecule has 2 saturated carbocycles. The van der Waals surface area contributed by atoms with Crippen molar-refractivity contribution in [2.24, 2.45) is 29.1 Å². The summed E-state index contributed by atoms with van der Waals surface area (Å²) in [5, 5.41) is 0. The number of anilines is 1. The van der Waals surface area contributed by atoms with Gasteiger partial charge in [0.2, 0.25) is 12.3 Å². The molecule has 0 heterocycles. The second-order valence-electron chi connectivity index (χ2n) is 7.15. The molecule has 1 spiro atoms. The fourth-order valence-electron chi connectivity index (χ4n) is 4.98. The monoisotopic (exact) mass is 295 g/mol. The third-order valence-corrected chi connectivity index (χ3v) is 6.20. The van der Waals surface area contributed by atoms with Crippen LogP contribution >= 0.6 is 0 Å². The molecular weight excluding hydrogens is 274 g/mol. The molecule has 2 fully saturated rings. The van der Waals surface area contributed by atoms with Crippen LogP contribution in [0.4, 0.5) is 5.69 Å². The van der Waals surface area contributed by atoms with E-state index < -0.39 is 0 Å². The predicted octanol–water partition coefficient (Wildman–Crippen LogP) is 3.33. The average molecular weight is 295 g/mol. The van der Waals surface area contributed by atoms with Crippen LogP contribution in [0.2, 0.25) is 0 Å². The normalized spacial score (nSPS) is 33.2. The average Bonchev–Trinajstić information content (AvgIpc) is 3.17. The van der Waals surface area contributed by atoms with Crippen molar-refractivity contribution in [1.82, 2.24) is 0 Å². The molecule has 1 aromatic carbocycles. The summed E-state index contributed by atoms with van der Waals surface area (Å²) in [7, 11) is 0. The molecule has 0 saturated heterocycles. The lowest BCUT2D eigenvalue weighted by Gasteiger charge is -2.28. The Morgan fingerprint density at radius 2 is 1.91 bits per heavy atom. The summed E-state index contributed by atoms with van der Waals surface area (Å²) in [5.74, 6) is 1.10. The van der Waals surface area contributed by atoms with Crippen LogP contribution in [0.3, 0.4) is 0 Å². The van der Waals surface area contributed by atoms with Gasteiger partial charge >= 0.3 is 0 Å². The van der Waals surface area contributed by atoms with E-state index in [-0.39, 0.29) is 11.8 Å². The topological polar surface area (TPSA) is 37.4 Å². The zero-order chi connectivity index (χ0) is 15.5. The highest BCUT2D eigenvalue weighted by Crippen LogP contribution is 2.72. The molecule has 0 unspecified atom stereocenters. The van der Waals surface area contributed by atoms with Gasteiger partial charge in [0, 0.05) is 5.92 Å². The maximum atomic E-state index is 13.1. The van der Waals surface area contributed by atoms with Crippen molar-refractivity contribution in [3.05, 3.63) is 42.0 Å². The van der Waals surface area contributed by atoms with Gasteiger partial charge < -0.3 is 0 Å². The van der Waals surface area contributed by atoms with Crippen LogP contribution in [0.25, 0.3) is 0 Å². The number of hydrogen-bond donors (Lipinski definition) is 0. The molecule has 3 aliphatic rings. The standard InChI is InChI=1S/C19H21NO2/c1-12-5-3-4-6-16(12)20(11-21)18(22)17-13(2)14-7-8-15(17)19(14)9-10-19/h3-8,11,13-15,17H,9-10H2,1-2H3/t13-,14+,15+,17-/m0/s1. The Kier molecular flexibility index (Phi) is 2.84. The minimum absolute atomic E-state index is 0.0278. The smallest absolute Gasteiger partial charge is 0.237 e. The molecule has 4 rings (SSSR count). The number of allylic oxidation sites excluding steroid dienone is 2. The molecule has 0 N–H and O–H groups in total. The van der Waals surface area contributed by atoms with Crippen LogP contribution in [0.5, 0.6) is 0 Å². The first-order valence-corrected chi connectivity index (χ1v) is 8.12. The Bertz CT molecular complexity index is 674. The van der Waals surface area contributed by atoms with Crippen molar-refractivity contribution in [2.75, 3.05) is 4.90 Å². The van der Waals surface area contributed by atoms with Gasteiger partial charge in [0.1, 0.15) is 0 Å². The molecular formula is C19H21NO2. The zero-order valence-corrected chi connectivity index (χ0v) is 13.0. The lowest BCUT2D eigenvalue weighted by atomic mass is 9.83. The minimum Gasteiger partial charge on any atom is -0.278 e. The van der Waals surface area contributed by atoms with Crippen molar-refractivity contribution >= 4 is 18.0 Å². The predicted molar refractivity (Wildman–Crippen MR) is 85.2 cm³/mol.